The second-order valence-electron chi connectivity index (χ2n) is 6.92. The number of aromatic nitrogens is 3. The Bertz CT molecular complexity index is 727. The summed E-state index contributed by atoms with van der Waals surface area (Å²) in [5.74, 6) is 0. The smallest absolute Gasteiger partial charge is 0.121 e. The van der Waals surface area contributed by atoms with Gasteiger partial charge in [0.25, 0.3) is 0 Å². The van der Waals surface area contributed by atoms with Crippen molar-refractivity contribution in [2.45, 2.75) is 51.5 Å². The van der Waals surface area contributed by atoms with Crippen molar-refractivity contribution in [3.8, 4) is 22.5 Å². The second kappa shape index (κ2) is 10.6. The van der Waals surface area contributed by atoms with E-state index in [0.29, 0.717) is 6.61 Å². The van der Waals surface area contributed by atoms with E-state index in [1.807, 2.05) is 41.2 Å². The summed E-state index contributed by atoms with van der Waals surface area (Å²) in [7, 11) is 0. The van der Waals surface area contributed by atoms with Gasteiger partial charge < -0.3 is 5.11 Å². The predicted octanol–water partition coefficient (Wildman–Crippen LogP) is 5.34. The highest BCUT2D eigenvalue weighted by molar-refractivity contribution is 5.77. The molecule has 0 bridgehead atoms. The maximum absolute atomic E-state index is 8.81. The summed E-state index contributed by atoms with van der Waals surface area (Å²) >= 11 is 0. The van der Waals surface area contributed by atoms with Crippen molar-refractivity contribution >= 4 is 0 Å². The molecule has 0 saturated carbocycles. The van der Waals surface area contributed by atoms with Crippen LogP contribution >= 0.6 is 0 Å². The van der Waals surface area contributed by atoms with E-state index in [0.717, 1.165) is 48.3 Å². The van der Waals surface area contributed by atoms with Gasteiger partial charge in [-0.3, -0.25) is 0 Å². The van der Waals surface area contributed by atoms with E-state index in [9.17, 15) is 0 Å². The summed E-state index contributed by atoms with van der Waals surface area (Å²) < 4.78 is 0. The molecule has 1 aromatic heterocycles. The molecule has 1 N–H and O–H groups in total. The molecule has 0 aliphatic carbocycles. The predicted molar refractivity (Wildman–Crippen MR) is 110 cm³/mol. The van der Waals surface area contributed by atoms with E-state index in [2.05, 4.69) is 24.3 Å². The van der Waals surface area contributed by atoms with Crippen LogP contribution < -0.4 is 0 Å². The molecule has 27 heavy (non-hydrogen) atoms. The minimum absolute atomic E-state index is 0.318. The van der Waals surface area contributed by atoms with Crippen LogP contribution in [-0.2, 0) is 6.54 Å². The number of hydrogen-bond acceptors (Lipinski definition) is 3. The quantitative estimate of drug-likeness (QED) is 0.468. The van der Waals surface area contributed by atoms with Crippen LogP contribution in [0.3, 0.4) is 0 Å². The highest BCUT2D eigenvalue weighted by atomic mass is 16.2. The van der Waals surface area contributed by atoms with E-state index >= 15 is 0 Å². The first-order valence-corrected chi connectivity index (χ1v) is 10.1. The molecule has 0 atom stereocenters. The number of aliphatic hydroxyl groups is 1. The van der Waals surface area contributed by atoms with Crippen LogP contribution in [0.5, 0.6) is 0 Å². The lowest BCUT2D eigenvalue weighted by molar-refractivity contribution is 0.282. The zero-order valence-corrected chi connectivity index (χ0v) is 15.9. The molecule has 0 fully saturated rings. The molecule has 0 amide bonds. The largest absolute Gasteiger partial charge is 0.396 e. The number of benzene rings is 2. The molecular formula is C23H29N3O. The summed E-state index contributed by atoms with van der Waals surface area (Å²) in [5.41, 5.74) is 4.11. The van der Waals surface area contributed by atoms with Gasteiger partial charge in [-0.15, -0.1) is 0 Å². The Morgan fingerprint density at radius 2 is 1.04 bits per heavy atom. The first kappa shape index (κ1) is 19.3. The zero-order chi connectivity index (χ0) is 18.7. The molecule has 3 aromatic rings. The number of hydrogen-bond donors (Lipinski definition) is 1. The van der Waals surface area contributed by atoms with Crippen LogP contribution in [0.1, 0.15) is 44.9 Å². The number of rotatable bonds is 11. The molecule has 4 nitrogen and oxygen atoms in total. The third-order valence-electron chi connectivity index (χ3n) is 4.77. The Morgan fingerprint density at radius 3 is 1.52 bits per heavy atom. The third-order valence-corrected chi connectivity index (χ3v) is 4.77. The maximum Gasteiger partial charge on any atom is 0.121 e. The number of nitrogens with zero attached hydrogens (tertiary/aromatic N) is 3. The Labute approximate surface area is 161 Å². The monoisotopic (exact) mass is 363 g/mol. The van der Waals surface area contributed by atoms with Gasteiger partial charge in [-0.25, -0.2) is 0 Å². The molecule has 0 radical (unpaired) electrons. The molecule has 142 valence electrons. The molecule has 4 heteroatoms. The van der Waals surface area contributed by atoms with Crippen molar-refractivity contribution in [2.75, 3.05) is 6.61 Å². The molecule has 3 rings (SSSR count). The van der Waals surface area contributed by atoms with E-state index in [1.54, 1.807) is 0 Å². The summed E-state index contributed by atoms with van der Waals surface area (Å²) in [6, 6.07) is 20.6. The van der Waals surface area contributed by atoms with Crippen LogP contribution in [-0.4, -0.2) is 26.7 Å². The Kier molecular flexibility index (Phi) is 7.60. The lowest BCUT2D eigenvalue weighted by Crippen LogP contribution is -2.02. The lowest BCUT2D eigenvalue weighted by atomic mass is 10.1. The van der Waals surface area contributed by atoms with Crippen LogP contribution in [0.25, 0.3) is 22.5 Å². The van der Waals surface area contributed by atoms with Crippen molar-refractivity contribution < 1.29 is 5.11 Å². The van der Waals surface area contributed by atoms with Crippen molar-refractivity contribution in [3.05, 3.63) is 60.7 Å². The van der Waals surface area contributed by atoms with Gasteiger partial charge in [-0.1, -0.05) is 92.8 Å². The molecule has 0 aliphatic rings. The minimum Gasteiger partial charge on any atom is -0.396 e. The van der Waals surface area contributed by atoms with E-state index in [1.165, 1.54) is 25.7 Å². The first-order valence-electron chi connectivity index (χ1n) is 10.1. The number of aliphatic hydroxyl groups excluding tert-OH is 1. The zero-order valence-electron chi connectivity index (χ0n) is 15.9. The fourth-order valence-electron chi connectivity index (χ4n) is 3.28. The van der Waals surface area contributed by atoms with Gasteiger partial charge in [0.2, 0.25) is 0 Å². The summed E-state index contributed by atoms with van der Waals surface area (Å²) in [4.78, 5) is 1.86. The van der Waals surface area contributed by atoms with Crippen molar-refractivity contribution in [3.63, 3.8) is 0 Å². The fraction of sp³-hybridized carbons (Fsp3) is 0.391. The van der Waals surface area contributed by atoms with Gasteiger partial charge in [-0.2, -0.15) is 15.0 Å². The topological polar surface area (TPSA) is 50.9 Å². The molecule has 2 aromatic carbocycles. The molecule has 0 spiro atoms. The average molecular weight is 364 g/mol. The highest BCUT2D eigenvalue weighted by Crippen LogP contribution is 2.28. The van der Waals surface area contributed by atoms with E-state index in [-0.39, 0.29) is 0 Å². The summed E-state index contributed by atoms with van der Waals surface area (Å²) in [6.45, 7) is 1.17. The number of unbranched alkanes of at least 4 members (excludes halogenated alkanes) is 6. The minimum atomic E-state index is 0.318. The van der Waals surface area contributed by atoms with Gasteiger partial charge in [0, 0.05) is 17.7 Å². The Morgan fingerprint density at radius 1 is 0.593 bits per heavy atom. The van der Waals surface area contributed by atoms with Gasteiger partial charge >= 0.3 is 0 Å². The van der Waals surface area contributed by atoms with Gasteiger partial charge in [0.1, 0.15) is 11.4 Å². The molecule has 0 unspecified atom stereocenters. The Balaban J connectivity index is 1.62. The summed E-state index contributed by atoms with van der Waals surface area (Å²) in [5, 5.41) is 18.4. The lowest BCUT2D eigenvalue weighted by Gasteiger charge is -2.01. The standard InChI is InChI=1S/C23H29N3O/c27-19-13-5-3-1-2-4-12-18-26-24-22(20-14-8-6-9-15-20)23(25-26)21-16-10-7-11-17-21/h6-11,14-17,27H,1-5,12-13,18-19H2. The van der Waals surface area contributed by atoms with E-state index < -0.39 is 0 Å². The molecule has 1 heterocycles. The SMILES string of the molecule is OCCCCCCCCCn1nc(-c2ccccc2)c(-c2ccccc2)n1. The van der Waals surface area contributed by atoms with Crippen LogP contribution in [0.4, 0.5) is 0 Å². The summed E-state index contributed by atoms with van der Waals surface area (Å²) in [6.07, 6.45) is 8.07. The average Bonchev–Trinajstić information content (AvgIpc) is 3.15. The normalized spacial score (nSPS) is 11.0. The van der Waals surface area contributed by atoms with Gasteiger partial charge in [0.15, 0.2) is 0 Å². The van der Waals surface area contributed by atoms with Gasteiger partial charge in [-0.05, 0) is 12.8 Å². The molecule has 0 saturated heterocycles. The third kappa shape index (κ3) is 5.76. The van der Waals surface area contributed by atoms with E-state index in [4.69, 9.17) is 15.3 Å². The molecule has 0 aliphatic heterocycles. The van der Waals surface area contributed by atoms with Crippen molar-refractivity contribution in [2.24, 2.45) is 0 Å². The second-order valence-corrected chi connectivity index (χ2v) is 6.92. The van der Waals surface area contributed by atoms with Crippen LogP contribution in [0.2, 0.25) is 0 Å². The van der Waals surface area contributed by atoms with Crippen LogP contribution in [0, 0.1) is 0 Å². The van der Waals surface area contributed by atoms with Gasteiger partial charge in [0.05, 0.1) is 6.54 Å². The Hall–Kier alpha value is -2.46. The van der Waals surface area contributed by atoms with Crippen LogP contribution in [0.15, 0.2) is 60.7 Å². The van der Waals surface area contributed by atoms with Crippen molar-refractivity contribution in [1.82, 2.24) is 15.0 Å². The highest BCUT2D eigenvalue weighted by Gasteiger charge is 2.14. The van der Waals surface area contributed by atoms with Crippen molar-refractivity contribution in [1.29, 1.82) is 0 Å². The number of aryl methyl sites for hydroxylation is 1. The maximum atomic E-state index is 8.81. The fourth-order valence-corrected chi connectivity index (χ4v) is 3.28. The molecular weight excluding hydrogens is 334 g/mol. The first-order chi connectivity index (χ1) is 13.4.